The second-order valence-electron chi connectivity index (χ2n) is 3.12. The van der Waals surface area contributed by atoms with Crippen LogP contribution in [0.3, 0.4) is 0 Å². The van der Waals surface area contributed by atoms with E-state index in [0.717, 1.165) is 22.4 Å². The normalized spacial score (nSPS) is 10.9. The van der Waals surface area contributed by atoms with Gasteiger partial charge in [-0.2, -0.15) is 0 Å². The van der Waals surface area contributed by atoms with Gasteiger partial charge in [0.15, 0.2) is 0 Å². The number of nitrogens with one attached hydrogen (secondary N) is 1. The summed E-state index contributed by atoms with van der Waals surface area (Å²) in [6.45, 7) is 0. The van der Waals surface area contributed by atoms with Crippen molar-refractivity contribution in [3.63, 3.8) is 0 Å². The summed E-state index contributed by atoms with van der Waals surface area (Å²) in [7, 11) is 0. The molecular formula is C11H8N2O. The van der Waals surface area contributed by atoms with E-state index in [1.54, 1.807) is 12.5 Å². The van der Waals surface area contributed by atoms with Crippen LogP contribution in [0.2, 0.25) is 0 Å². The van der Waals surface area contributed by atoms with Gasteiger partial charge in [-0.1, -0.05) is 0 Å². The van der Waals surface area contributed by atoms with Gasteiger partial charge >= 0.3 is 0 Å². The van der Waals surface area contributed by atoms with Crippen LogP contribution in [-0.4, -0.2) is 9.97 Å². The molecule has 3 heterocycles. The van der Waals surface area contributed by atoms with Crippen LogP contribution >= 0.6 is 0 Å². The van der Waals surface area contributed by atoms with Gasteiger partial charge in [0, 0.05) is 23.3 Å². The van der Waals surface area contributed by atoms with E-state index < -0.39 is 0 Å². The van der Waals surface area contributed by atoms with Crippen LogP contribution in [-0.2, 0) is 0 Å². The fourth-order valence-corrected chi connectivity index (χ4v) is 1.52. The van der Waals surface area contributed by atoms with Crippen molar-refractivity contribution in [2.24, 2.45) is 0 Å². The number of aromatic nitrogens is 2. The summed E-state index contributed by atoms with van der Waals surface area (Å²) in [6, 6.07) is 7.85. The van der Waals surface area contributed by atoms with E-state index in [1.807, 2.05) is 24.4 Å². The van der Waals surface area contributed by atoms with Crippen molar-refractivity contribution in [3.05, 3.63) is 42.9 Å². The van der Waals surface area contributed by atoms with E-state index in [4.69, 9.17) is 4.42 Å². The Morgan fingerprint density at radius 2 is 2.29 bits per heavy atom. The monoisotopic (exact) mass is 184 g/mol. The Morgan fingerprint density at radius 3 is 3.14 bits per heavy atom. The molecule has 0 saturated heterocycles. The smallest absolute Gasteiger partial charge is 0.137 e. The van der Waals surface area contributed by atoms with Crippen LogP contribution in [0.5, 0.6) is 0 Å². The Labute approximate surface area is 80.4 Å². The van der Waals surface area contributed by atoms with Gasteiger partial charge in [0.1, 0.15) is 11.4 Å². The first-order chi connectivity index (χ1) is 6.93. The van der Waals surface area contributed by atoms with Gasteiger partial charge in [-0.25, -0.2) is 4.98 Å². The highest BCUT2D eigenvalue weighted by Gasteiger charge is 2.02. The molecule has 0 spiro atoms. The molecule has 0 saturated carbocycles. The fourth-order valence-electron chi connectivity index (χ4n) is 1.52. The number of pyridine rings is 1. The van der Waals surface area contributed by atoms with Crippen molar-refractivity contribution in [1.29, 1.82) is 0 Å². The molecule has 0 radical (unpaired) electrons. The molecule has 3 aromatic heterocycles. The third-order valence-electron chi connectivity index (χ3n) is 2.21. The number of nitrogens with zero attached hydrogens (tertiary/aromatic N) is 1. The molecule has 3 aromatic rings. The van der Waals surface area contributed by atoms with Crippen LogP contribution in [0.1, 0.15) is 0 Å². The minimum Gasteiger partial charge on any atom is -0.464 e. The lowest BCUT2D eigenvalue weighted by Crippen LogP contribution is -1.78. The van der Waals surface area contributed by atoms with Gasteiger partial charge in [-0.3, -0.25) is 0 Å². The molecule has 0 unspecified atom stereocenters. The first-order valence-electron chi connectivity index (χ1n) is 4.40. The molecule has 3 rings (SSSR count). The molecule has 68 valence electrons. The van der Waals surface area contributed by atoms with Crippen molar-refractivity contribution >= 4 is 11.0 Å². The zero-order valence-corrected chi connectivity index (χ0v) is 7.40. The van der Waals surface area contributed by atoms with Crippen LogP contribution in [0.25, 0.3) is 22.4 Å². The highest BCUT2D eigenvalue weighted by atomic mass is 16.3. The Bertz CT molecular complexity index is 551. The maximum absolute atomic E-state index is 5.29. The van der Waals surface area contributed by atoms with Gasteiger partial charge in [0.2, 0.25) is 0 Å². The van der Waals surface area contributed by atoms with Gasteiger partial charge in [0.05, 0.1) is 6.26 Å². The van der Waals surface area contributed by atoms with Crippen LogP contribution in [0, 0.1) is 0 Å². The minimum absolute atomic E-state index is 0.848. The standard InChI is InChI=1S/C11H8N2O/c1-2-10(14-5-1)9-6-8-3-4-12-11(8)13-7-9/h1-7H,(H,12,13). The zero-order chi connectivity index (χ0) is 9.38. The number of hydrogen-bond acceptors (Lipinski definition) is 2. The first-order valence-corrected chi connectivity index (χ1v) is 4.40. The minimum atomic E-state index is 0.848. The predicted molar refractivity (Wildman–Crippen MR) is 53.8 cm³/mol. The van der Waals surface area contributed by atoms with E-state index in [1.165, 1.54) is 0 Å². The average Bonchev–Trinajstić information content (AvgIpc) is 2.88. The van der Waals surface area contributed by atoms with Gasteiger partial charge in [0.25, 0.3) is 0 Å². The zero-order valence-electron chi connectivity index (χ0n) is 7.40. The topological polar surface area (TPSA) is 41.8 Å². The molecule has 1 N–H and O–H groups in total. The van der Waals surface area contributed by atoms with Crippen LogP contribution in [0.15, 0.2) is 47.3 Å². The Balaban J connectivity index is 2.23. The van der Waals surface area contributed by atoms with Crippen molar-refractivity contribution in [1.82, 2.24) is 9.97 Å². The summed E-state index contributed by atoms with van der Waals surface area (Å²) < 4.78 is 5.29. The second-order valence-corrected chi connectivity index (χ2v) is 3.12. The number of rotatable bonds is 1. The molecule has 0 aliphatic carbocycles. The summed E-state index contributed by atoms with van der Waals surface area (Å²) in [4.78, 5) is 7.33. The van der Waals surface area contributed by atoms with Crippen molar-refractivity contribution in [3.8, 4) is 11.3 Å². The molecule has 0 aliphatic rings. The van der Waals surface area contributed by atoms with Crippen molar-refractivity contribution < 1.29 is 4.42 Å². The predicted octanol–water partition coefficient (Wildman–Crippen LogP) is 2.82. The summed E-state index contributed by atoms with van der Waals surface area (Å²) >= 11 is 0. The summed E-state index contributed by atoms with van der Waals surface area (Å²) in [6.07, 6.45) is 5.35. The number of fused-ring (bicyclic) bond motifs is 1. The van der Waals surface area contributed by atoms with E-state index in [-0.39, 0.29) is 0 Å². The van der Waals surface area contributed by atoms with Gasteiger partial charge in [-0.05, 0) is 24.3 Å². The molecule has 0 bridgehead atoms. The maximum atomic E-state index is 5.29. The summed E-state index contributed by atoms with van der Waals surface area (Å²) in [5.74, 6) is 0.848. The lowest BCUT2D eigenvalue weighted by atomic mass is 10.2. The summed E-state index contributed by atoms with van der Waals surface area (Å²) in [5, 5.41) is 1.10. The van der Waals surface area contributed by atoms with Gasteiger partial charge in [-0.15, -0.1) is 0 Å². The number of H-pyrrole nitrogens is 1. The first kappa shape index (κ1) is 7.38. The average molecular weight is 184 g/mol. The Kier molecular flexibility index (Phi) is 1.44. The molecule has 0 atom stereocenters. The van der Waals surface area contributed by atoms with Crippen molar-refractivity contribution in [2.45, 2.75) is 0 Å². The third kappa shape index (κ3) is 1.03. The largest absolute Gasteiger partial charge is 0.464 e. The second kappa shape index (κ2) is 2.73. The highest BCUT2D eigenvalue weighted by molar-refractivity contribution is 5.80. The molecule has 3 nitrogen and oxygen atoms in total. The van der Waals surface area contributed by atoms with Crippen LogP contribution < -0.4 is 0 Å². The molecule has 3 heteroatoms. The molecule has 0 aliphatic heterocycles. The lowest BCUT2D eigenvalue weighted by molar-refractivity contribution is 0.582. The van der Waals surface area contributed by atoms with E-state index in [2.05, 4.69) is 16.0 Å². The highest BCUT2D eigenvalue weighted by Crippen LogP contribution is 2.22. The number of aromatic amines is 1. The molecule has 0 amide bonds. The molecule has 14 heavy (non-hydrogen) atoms. The number of hydrogen-bond donors (Lipinski definition) is 1. The fraction of sp³-hybridized carbons (Fsp3) is 0. The number of furan rings is 1. The van der Waals surface area contributed by atoms with Gasteiger partial charge < -0.3 is 9.40 Å². The molecular weight excluding hydrogens is 176 g/mol. The van der Waals surface area contributed by atoms with Crippen LogP contribution in [0.4, 0.5) is 0 Å². The molecule has 0 aromatic carbocycles. The summed E-state index contributed by atoms with van der Waals surface area (Å²) in [5.41, 5.74) is 1.91. The van der Waals surface area contributed by atoms with E-state index >= 15 is 0 Å². The van der Waals surface area contributed by atoms with E-state index in [0.29, 0.717) is 0 Å². The van der Waals surface area contributed by atoms with Crippen molar-refractivity contribution in [2.75, 3.05) is 0 Å². The van der Waals surface area contributed by atoms with E-state index in [9.17, 15) is 0 Å². The molecule has 0 fully saturated rings. The SMILES string of the molecule is c1coc(-c2cnc3[nH]ccc3c2)c1. The maximum Gasteiger partial charge on any atom is 0.137 e. The Hall–Kier alpha value is -2.03. The lowest BCUT2D eigenvalue weighted by Gasteiger charge is -1.95. The quantitative estimate of drug-likeness (QED) is 0.631. The Morgan fingerprint density at radius 1 is 1.29 bits per heavy atom. The third-order valence-corrected chi connectivity index (χ3v) is 2.21.